The minimum atomic E-state index is 0.155. The first kappa shape index (κ1) is 11.6. The maximum absolute atomic E-state index is 5.21. The summed E-state index contributed by atoms with van der Waals surface area (Å²) in [6.07, 6.45) is 1.65. The van der Waals surface area contributed by atoms with Gasteiger partial charge in [0.05, 0.1) is 12.8 Å². The molecule has 0 radical (unpaired) electrons. The molecule has 15 heavy (non-hydrogen) atoms. The zero-order chi connectivity index (χ0) is 11.1. The molecule has 0 fully saturated rings. The Kier molecular flexibility index (Phi) is 4.73. The van der Waals surface area contributed by atoms with Crippen LogP contribution in [0, 0.1) is 0 Å². The summed E-state index contributed by atoms with van der Waals surface area (Å²) in [6, 6.07) is 7.84. The average molecular weight is 223 g/mol. The van der Waals surface area contributed by atoms with Gasteiger partial charge in [-0.05, 0) is 23.3 Å². The van der Waals surface area contributed by atoms with Crippen molar-refractivity contribution in [2.45, 2.75) is 6.61 Å². The molecule has 4 nitrogen and oxygen atoms in total. The van der Waals surface area contributed by atoms with Gasteiger partial charge in [0.1, 0.15) is 0 Å². The molecule has 1 aromatic rings. The summed E-state index contributed by atoms with van der Waals surface area (Å²) in [5.41, 5.74) is 9.79. The summed E-state index contributed by atoms with van der Waals surface area (Å²) in [5.74, 6) is 0. The lowest BCUT2D eigenvalue weighted by molar-refractivity contribution is 0.185. The molecule has 0 amide bonds. The summed E-state index contributed by atoms with van der Waals surface area (Å²) in [6.45, 7) is 0.614. The highest BCUT2D eigenvalue weighted by Crippen LogP contribution is 2.03. The molecular formula is C10H13N3OS. The minimum Gasteiger partial charge on any atom is -0.380 e. The zero-order valence-electron chi connectivity index (χ0n) is 8.43. The van der Waals surface area contributed by atoms with Crippen molar-refractivity contribution in [3.05, 3.63) is 35.4 Å². The minimum absolute atomic E-state index is 0.155. The summed E-state index contributed by atoms with van der Waals surface area (Å²) < 4.78 is 5.00. The summed E-state index contributed by atoms with van der Waals surface area (Å²) in [5, 5.41) is 4.00. The predicted molar refractivity (Wildman–Crippen MR) is 64.7 cm³/mol. The van der Waals surface area contributed by atoms with Gasteiger partial charge < -0.3 is 10.5 Å². The van der Waals surface area contributed by atoms with Crippen molar-refractivity contribution in [2.24, 2.45) is 10.8 Å². The Hall–Kier alpha value is -1.46. The average Bonchev–Trinajstić information content (AvgIpc) is 2.20. The molecule has 0 aromatic heterocycles. The van der Waals surface area contributed by atoms with Crippen LogP contribution in [0.15, 0.2) is 29.4 Å². The van der Waals surface area contributed by atoms with Gasteiger partial charge in [0.15, 0.2) is 5.11 Å². The monoisotopic (exact) mass is 223 g/mol. The predicted octanol–water partition coefficient (Wildman–Crippen LogP) is 1.00. The maximum Gasteiger partial charge on any atom is 0.184 e. The lowest BCUT2D eigenvalue weighted by atomic mass is 10.1. The van der Waals surface area contributed by atoms with Gasteiger partial charge in [0.25, 0.3) is 0 Å². The number of hydrogen-bond acceptors (Lipinski definition) is 3. The van der Waals surface area contributed by atoms with Crippen LogP contribution in [0.2, 0.25) is 0 Å². The number of nitrogens with one attached hydrogen (secondary N) is 1. The van der Waals surface area contributed by atoms with Gasteiger partial charge in [0.2, 0.25) is 0 Å². The molecule has 0 aliphatic carbocycles. The fraction of sp³-hybridized carbons (Fsp3) is 0.200. The Morgan fingerprint density at radius 2 is 2.20 bits per heavy atom. The Morgan fingerprint density at radius 3 is 2.73 bits per heavy atom. The first-order valence-corrected chi connectivity index (χ1v) is 4.79. The molecule has 1 aromatic carbocycles. The molecule has 0 atom stereocenters. The SMILES string of the molecule is COCc1ccc(C=NNC(N)=S)cc1. The molecule has 1 rings (SSSR count). The van der Waals surface area contributed by atoms with E-state index < -0.39 is 0 Å². The van der Waals surface area contributed by atoms with Crippen LogP contribution < -0.4 is 11.2 Å². The second kappa shape index (κ2) is 6.10. The molecule has 0 unspecified atom stereocenters. The Balaban J connectivity index is 2.56. The molecule has 80 valence electrons. The maximum atomic E-state index is 5.21. The van der Waals surface area contributed by atoms with Crippen molar-refractivity contribution in [2.75, 3.05) is 7.11 Å². The van der Waals surface area contributed by atoms with Gasteiger partial charge in [-0.1, -0.05) is 24.3 Å². The molecule has 0 spiro atoms. The van der Waals surface area contributed by atoms with E-state index in [0.717, 1.165) is 11.1 Å². The summed E-state index contributed by atoms with van der Waals surface area (Å²) >= 11 is 4.60. The number of thiocarbonyl (C=S) groups is 1. The quantitative estimate of drug-likeness (QED) is 0.454. The lowest BCUT2D eigenvalue weighted by Gasteiger charge is -1.99. The van der Waals surface area contributed by atoms with Crippen LogP contribution in [0.25, 0.3) is 0 Å². The summed E-state index contributed by atoms with van der Waals surface area (Å²) in [7, 11) is 1.67. The van der Waals surface area contributed by atoms with Crippen molar-refractivity contribution in [1.29, 1.82) is 0 Å². The molecule has 0 bridgehead atoms. The highest BCUT2D eigenvalue weighted by Gasteiger charge is 1.91. The molecule has 0 saturated heterocycles. The van der Waals surface area contributed by atoms with Crippen LogP contribution in [0.5, 0.6) is 0 Å². The van der Waals surface area contributed by atoms with Gasteiger partial charge in [-0.25, -0.2) is 0 Å². The molecule has 0 heterocycles. The summed E-state index contributed by atoms with van der Waals surface area (Å²) in [4.78, 5) is 0. The molecular weight excluding hydrogens is 210 g/mol. The molecule has 0 aliphatic heterocycles. The van der Waals surface area contributed by atoms with Crippen LogP contribution in [0.1, 0.15) is 11.1 Å². The van der Waals surface area contributed by atoms with Crippen LogP contribution in [-0.4, -0.2) is 18.4 Å². The second-order valence-electron chi connectivity index (χ2n) is 2.91. The van der Waals surface area contributed by atoms with Crippen molar-refractivity contribution >= 4 is 23.5 Å². The van der Waals surface area contributed by atoms with Gasteiger partial charge in [-0.3, -0.25) is 5.43 Å². The Morgan fingerprint density at radius 1 is 1.53 bits per heavy atom. The third-order valence-corrected chi connectivity index (χ3v) is 1.77. The van der Waals surface area contributed by atoms with E-state index in [-0.39, 0.29) is 5.11 Å². The van der Waals surface area contributed by atoms with E-state index >= 15 is 0 Å². The number of rotatable bonds is 4. The van der Waals surface area contributed by atoms with E-state index in [0.29, 0.717) is 6.61 Å². The van der Waals surface area contributed by atoms with Crippen LogP contribution in [0.4, 0.5) is 0 Å². The first-order valence-electron chi connectivity index (χ1n) is 4.39. The molecule has 0 aliphatic rings. The van der Waals surface area contributed by atoms with Gasteiger partial charge in [-0.15, -0.1) is 0 Å². The van der Waals surface area contributed by atoms with Gasteiger partial charge >= 0.3 is 0 Å². The van der Waals surface area contributed by atoms with Crippen molar-refractivity contribution in [1.82, 2.24) is 5.43 Å². The molecule has 3 N–H and O–H groups in total. The van der Waals surface area contributed by atoms with Crippen LogP contribution in [0.3, 0.4) is 0 Å². The third kappa shape index (κ3) is 4.53. The van der Waals surface area contributed by atoms with Crippen LogP contribution >= 0.6 is 12.2 Å². The Labute approximate surface area is 94.1 Å². The van der Waals surface area contributed by atoms with Crippen molar-refractivity contribution in [3.8, 4) is 0 Å². The number of ether oxygens (including phenoxy) is 1. The van der Waals surface area contributed by atoms with Gasteiger partial charge in [0, 0.05) is 7.11 Å². The normalized spacial score (nSPS) is 10.5. The van der Waals surface area contributed by atoms with E-state index in [1.165, 1.54) is 0 Å². The highest BCUT2D eigenvalue weighted by atomic mass is 32.1. The number of hydrogen-bond donors (Lipinski definition) is 2. The van der Waals surface area contributed by atoms with Crippen molar-refractivity contribution in [3.63, 3.8) is 0 Å². The largest absolute Gasteiger partial charge is 0.380 e. The van der Waals surface area contributed by atoms with Crippen molar-refractivity contribution < 1.29 is 4.74 Å². The molecule has 5 heteroatoms. The molecule has 0 saturated carbocycles. The Bertz CT molecular complexity index is 348. The lowest BCUT2D eigenvalue weighted by Crippen LogP contribution is -2.23. The highest BCUT2D eigenvalue weighted by molar-refractivity contribution is 7.80. The number of nitrogens with two attached hydrogens (primary N) is 1. The zero-order valence-corrected chi connectivity index (χ0v) is 9.25. The number of hydrazone groups is 1. The number of methoxy groups -OCH3 is 1. The van der Waals surface area contributed by atoms with Gasteiger partial charge in [-0.2, -0.15) is 5.10 Å². The van der Waals surface area contributed by atoms with E-state index in [2.05, 4.69) is 22.7 Å². The van der Waals surface area contributed by atoms with E-state index in [4.69, 9.17) is 10.5 Å². The number of benzene rings is 1. The number of nitrogens with zero attached hydrogens (tertiary/aromatic N) is 1. The first-order chi connectivity index (χ1) is 7.22. The van der Waals surface area contributed by atoms with Crippen LogP contribution in [-0.2, 0) is 11.3 Å². The van der Waals surface area contributed by atoms with E-state index in [9.17, 15) is 0 Å². The standard InChI is InChI=1S/C10H13N3OS/c1-14-7-9-4-2-8(3-5-9)6-12-13-10(11)15/h2-6H,7H2,1H3,(H3,11,13,15). The van der Waals surface area contributed by atoms with E-state index in [1.54, 1.807) is 13.3 Å². The topological polar surface area (TPSA) is 59.6 Å². The fourth-order valence-electron chi connectivity index (χ4n) is 1.04. The second-order valence-corrected chi connectivity index (χ2v) is 3.35. The fourth-order valence-corrected chi connectivity index (χ4v) is 1.09. The third-order valence-electron chi connectivity index (χ3n) is 1.68. The van der Waals surface area contributed by atoms with E-state index in [1.807, 2.05) is 24.3 Å². The smallest absolute Gasteiger partial charge is 0.184 e.